The number of carbonyl (C=O) groups excluding carboxylic acids is 1. The molecule has 0 saturated heterocycles. The van der Waals surface area contributed by atoms with Crippen LogP contribution in [0.2, 0.25) is 0 Å². The number of rotatable bonds is 5. The van der Waals surface area contributed by atoms with Crippen LogP contribution in [0.25, 0.3) is 0 Å². The van der Waals surface area contributed by atoms with E-state index in [0.717, 1.165) is 18.5 Å². The molecule has 3 nitrogen and oxygen atoms in total. The first-order valence-electron chi connectivity index (χ1n) is 6.90. The van der Waals surface area contributed by atoms with Gasteiger partial charge in [0.1, 0.15) is 5.75 Å². The molecule has 0 aliphatic heterocycles. The predicted molar refractivity (Wildman–Crippen MR) is 81.2 cm³/mol. The number of hydrogen-bond acceptors (Lipinski definition) is 2. The van der Waals surface area contributed by atoms with E-state index in [-0.39, 0.29) is 6.09 Å². The summed E-state index contributed by atoms with van der Waals surface area (Å²) in [6, 6.07) is 18.8. The maximum atomic E-state index is 12.3. The highest BCUT2D eigenvalue weighted by molar-refractivity contribution is 5.89. The van der Waals surface area contributed by atoms with Crippen LogP contribution >= 0.6 is 0 Å². The fourth-order valence-corrected chi connectivity index (χ4v) is 1.89. The first kappa shape index (κ1) is 14.1. The second-order valence-electron chi connectivity index (χ2n) is 4.52. The lowest BCUT2D eigenvalue weighted by Gasteiger charge is -2.21. The molecule has 0 heterocycles. The van der Waals surface area contributed by atoms with E-state index >= 15 is 0 Å². The number of unbranched alkanes of at least 4 members (excludes halogenated alkanes) is 1. The van der Waals surface area contributed by atoms with Crippen LogP contribution in [0.4, 0.5) is 10.5 Å². The van der Waals surface area contributed by atoms with Crippen molar-refractivity contribution < 1.29 is 9.53 Å². The molecule has 2 aromatic carbocycles. The Bertz CT molecular complexity index is 525. The van der Waals surface area contributed by atoms with Gasteiger partial charge in [0, 0.05) is 12.2 Å². The van der Waals surface area contributed by atoms with Crippen LogP contribution in [0.5, 0.6) is 5.75 Å². The molecule has 2 rings (SSSR count). The molecule has 0 bridgehead atoms. The Hall–Kier alpha value is -2.29. The van der Waals surface area contributed by atoms with E-state index in [0.29, 0.717) is 12.3 Å². The molecular formula is C17H19NO2. The quantitative estimate of drug-likeness (QED) is 0.800. The summed E-state index contributed by atoms with van der Waals surface area (Å²) in [6.45, 7) is 2.76. The first-order valence-corrected chi connectivity index (χ1v) is 6.90. The van der Waals surface area contributed by atoms with Gasteiger partial charge in [0.2, 0.25) is 0 Å². The molecule has 3 heteroatoms. The third-order valence-corrected chi connectivity index (χ3v) is 2.97. The van der Waals surface area contributed by atoms with Gasteiger partial charge in [-0.2, -0.15) is 0 Å². The summed E-state index contributed by atoms with van der Waals surface area (Å²) in [5.74, 6) is 0.565. The molecule has 0 saturated carbocycles. The van der Waals surface area contributed by atoms with Crippen molar-refractivity contribution in [3.05, 3.63) is 60.7 Å². The van der Waals surface area contributed by atoms with Crippen molar-refractivity contribution in [3.63, 3.8) is 0 Å². The van der Waals surface area contributed by atoms with E-state index in [2.05, 4.69) is 6.92 Å². The standard InChI is InChI=1S/C17H19NO2/c1-2-3-14-18(15-10-6-4-7-11-15)17(19)20-16-12-8-5-9-13-16/h4-13H,2-3,14H2,1H3. The second-order valence-corrected chi connectivity index (χ2v) is 4.52. The molecule has 0 unspecified atom stereocenters. The van der Waals surface area contributed by atoms with E-state index in [4.69, 9.17) is 4.74 Å². The zero-order valence-corrected chi connectivity index (χ0v) is 11.7. The topological polar surface area (TPSA) is 29.5 Å². The first-order chi connectivity index (χ1) is 9.81. The van der Waals surface area contributed by atoms with Gasteiger partial charge in [-0.1, -0.05) is 49.7 Å². The molecule has 0 aliphatic rings. The van der Waals surface area contributed by atoms with Gasteiger partial charge in [0.15, 0.2) is 0 Å². The monoisotopic (exact) mass is 269 g/mol. The molecule has 0 aromatic heterocycles. The molecule has 0 aliphatic carbocycles. The summed E-state index contributed by atoms with van der Waals surface area (Å²) < 4.78 is 5.41. The number of carbonyl (C=O) groups is 1. The lowest BCUT2D eigenvalue weighted by Crippen LogP contribution is -2.34. The van der Waals surface area contributed by atoms with E-state index in [1.54, 1.807) is 17.0 Å². The summed E-state index contributed by atoms with van der Waals surface area (Å²) in [7, 11) is 0. The lowest BCUT2D eigenvalue weighted by molar-refractivity contribution is 0.207. The molecule has 1 amide bonds. The SMILES string of the molecule is CCCCN(C(=O)Oc1ccccc1)c1ccccc1. The Balaban J connectivity index is 2.12. The third kappa shape index (κ3) is 3.85. The number of benzene rings is 2. The molecule has 0 spiro atoms. The molecule has 20 heavy (non-hydrogen) atoms. The van der Waals surface area contributed by atoms with Gasteiger partial charge in [0.05, 0.1) is 0 Å². The Morgan fingerprint density at radius 1 is 1.00 bits per heavy atom. The van der Waals surface area contributed by atoms with Crippen LogP contribution in [0.1, 0.15) is 19.8 Å². The van der Waals surface area contributed by atoms with Gasteiger partial charge in [-0.05, 0) is 30.7 Å². The van der Waals surface area contributed by atoms with Crippen molar-refractivity contribution in [2.45, 2.75) is 19.8 Å². The molecule has 0 atom stereocenters. The second kappa shape index (κ2) is 7.34. The number of ether oxygens (including phenoxy) is 1. The molecule has 0 fully saturated rings. The fraction of sp³-hybridized carbons (Fsp3) is 0.235. The number of amides is 1. The van der Waals surface area contributed by atoms with Crippen LogP contribution in [-0.4, -0.2) is 12.6 Å². The average molecular weight is 269 g/mol. The third-order valence-electron chi connectivity index (χ3n) is 2.97. The minimum Gasteiger partial charge on any atom is -0.410 e. The van der Waals surface area contributed by atoms with Crippen molar-refractivity contribution in [2.75, 3.05) is 11.4 Å². The number of hydrogen-bond donors (Lipinski definition) is 0. The number of para-hydroxylation sites is 2. The van der Waals surface area contributed by atoms with E-state index in [9.17, 15) is 4.79 Å². The van der Waals surface area contributed by atoms with Gasteiger partial charge in [-0.3, -0.25) is 4.90 Å². The van der Waals surface area contributed by atoms with Gasteiger partial charge in [-0.25, -0.2) is 4.79 Å². The van der Waals surface area contributed by atoms with Crippen molar-refractivity contribution in [3.8, 4) is 5.75 Å². The Kier molecular flexibility index (Phi) is 5.18. The Morgan fingerprint density at radius 3 is 2.20 bits per heavy atom. The van der Waals surface area contributed by atoms with Crippen LogP contribution < -0.4 is 9.64 Å². The Labute approximate surface area is 119 Å². The molecule has 0 radical (unpaired) electrons. The highest BCUT2D eigenvalue weighted by Gasteiger charge is 2.17. The highest BCUT2D eigenvalue weighted by Crippen LogP contribution is 2.17. The van der Waals surface area contributed by atoms with Gasteiger partial charge >= 0.3 is 6.09 Å². The zero-order chi connectivity index (χ0) is 14.2. The van der Waals surface area contributed by atoms with Crippen molar-refractivity contribution in [1.29, 1.82) is 0 Å². The van der Waals surface area contributed by atoms with Crippen molar-refractivity contribution in [2.24, 2.45) is 0 Å². The maximum absolute atomic E-state index is 12.3. The van der Waals surface area contributed by atoms with E-state index in [1.165, 1.54) is 0 Å². The lowest BCUT2D eigenvalue weighted by atomic mass is 10.2. The summed E-state index contributed by atoms with van der Waals surface area (Å²) in [6.07, 6.45) is 1.64. The molecular weight excluding hydrogens is 250 g/mol. The summed E-state index contributed by atoms with van der Waals surface area (Å²) in [5.41, 5.74) is 0.863. The highest BCUT2D eigenvalue weighted by atomic mass is 16.6. The van der Waals surface area contributed by atoms with Gasteiger partial charge in [0.25, 0.3) is 0 Å². The maximum Gasteiger partial charge on any atom is 0.419 e. The van der Waals surface area contributed by atoms with Gasteiger partial charge in [-0.15, -0.1) is 0 Å². The summed E-state index contributed by atoms with van der Waals surface area (Å²) in [4.78, 5) is 14.0. The smallest absolute Gasteiger partial charge is 0.410 e. The zero-order valence-electron chi connectivity index (χ0n) is 11.7. The minimum absolute atomic E-state index is 0.337. The molecule has 104 valence electrons. The summed E-state index contributed by atoms with van der Waals surface area (Å²) in [5, 5.41) is 0. The van der Waals surface area contributed by atoms with E-state index in [1.807, 2.05) is 48.5 Å². The number of anilines is 1. The predicted octanol–water partition coefficient (Wildman–Crippen LogP) is 4.49. The fourth-order valence-electron chi connectivity index (χ4n) is 1.89. The summed E-state index contributed by atoms with van der Waals surface area (Å²) >= 11 is 0. The average Bonchev–Trinajstić information content (AvgIpc) is 2.50. The van der Waals surface area contributed by atoms with Crippen LogP contribution in [0, 0.1) is 0 Å². The van der Waals surface area contributed by atoms with E-state index < -0.39 is 0 Å². The van der Waals surface area contributed by atoms with Crippen molar-refractivity contribution in [1.82, 2.24) is 0 Å². The Morgan fingerprint density at radius 2 is 1.60 bits per heavy atom. The van der Waals surface area contributed by atoms with Crippen molar-refractivity contribution >= 4 is 11.8 Å². The minimum atomic E-state index is -0.337. The van der Waals surface area contributed by atoms with Crippen LogP contribution in [-0.2, 0) is 0 Å². The van der Waals surface area contributed by atoms with Crippen LogP contribution in [0.3, 0.4) is 0 Å². The molecule has 2 aromatic rings. The number of nitrogens with zero attached hydrogens (tertiary/aromatic N) is 1. The van der Waals surface area contributed by atoms with Gasteiger partial charge < -0.3 is 4.74 Å². The largest absolute Gasteiger partial charge is 0.419 e. The normalized spacial score (nSPS) is 10.1. The molecule has 0 N–H and O–H groups in total. The van der Waals surface area contributed by atoms with Crippen LogP contribution in [0.15, 0.2) is 60.7 Å².